The highest BCUT2D eigenvalue weighted by atomic mass is 19.4. The Balaban J connectivity index is 1.82. The molecule has 134 valence electrons. The molecule has 2 aromatic carbocycles. The van der Waals surface area contributed by atoms with Gasteiger partial charge in [-0.05, 0) is 28.7 Å². The molecule has 0 amide bonds. The molecule has 0 unspecified atom stereocenters. The van der Waals surface area contributed by atoms with Gasteiger partial charge in [0.25, 0.3) is 0 Å². The fourth-order valence-electron chi connectivity index (χ4n) is 2.60. The van der Waals surface area contributed by atoms with E-state index in [2.05, 4.69) is 42.9 Å². The number of benzene rings is 2. The molecule has 0 saturated heterocycles. The van der Waals surface area contributed by atoms with Gasteiger partial charge >= 0.3 is 6.18 Å². The number of halogens is 3. The van der Waals surface area contributed by atoms with Crippen LogP contribution in [0.1, 0.15) is 31.9 Å². The Morgan fingerprint density at radius 3 is 1.54 bits per heavy atom. The first-order chi connectivity index (χ1) is 12.1. The predicted octanol–water partition coefficient (Wildman–Crippen LogP) is 6.13. The summed E-state index contributed by atoms with van der Waals surface area (Å²) in [4.78, 5) is 8.59. The van der Waals surface area contributed by atoms with E-state index >= 15 is 0 Å². The number of hydrogen-bond acceptors (Lipinski definition) is 2. The van der Waals surface area contributed by atoms with Gasteiger partial charge in [0.15, 0.2) is 5.82 Å². The van der Waals surface area contributed by atoms with Crippen LogP contribution in [0.5, 0.6) is 0 Å². The first-order valence-corrected chi connectivity index (χ1v) is 8.25. The van der Waals surface area contributed by atoms with E-state index in [1.165, 1.54) is 17.7 Å². The SMILES string of the molecule is CC(C)(C)c1ccc(-c2cnc(-c3ccc(C(F)(F)F)cc3)nc2)cc1. The van der Waals surface area contributed by atoms with Gasteiger partial charge in [-0.15, -0.1) is 0 Å². The Labute approximate surface area is 150 Å². The van der Waals surface area contributed by atoms with E-state index in [0.717, 1.165) is 23.3 Å². The summed E-state index contributed by atoms with van der Waals surface area (Å²) in [7, 11) is 0. The molecule has 0 spiro atoms. The van der Waals surface area contributed by atoms with E-state index in [4.69, 9.17) is 0 Å². The van der Waals surface area contributed by atoms with E-state index in [-0.39, 0.29) is 5.41 Å². The van der Waals surface area contributed by atoms with Crippen LogP contribution >= 0.6 is 0 Å². The molecule has 0 atom stereocenters. The van der Waals surface area contributed by atoms with Gasteiger partial charge in [0.1, 0.15) is 0 Å². The lowest BCUT2D eigenvalue weighted by atomic mass is 9.86. The Morgan fingerprint density at radius 1 is 0.615 bits per heavy atom. The minimum absolute atomic E-state index is 0.0848. The van der Waals surface area contributed by atoms with E-state index in [1.807, 2.05) is 12.1 Å². The summed E-state index contributed by atoms with van der Waals surface area (Å²) in [5.41, 5.74) is 3.05. The van der Waals surface area contributed by atoms with Crippen molar-refractivity contribution in [3.63, 3.8) is 0 Å². The second kappa shape index (κ2) is 6.56. The zero-order chi connectivity index (χ0) is 18.9. The molecule has 5 heteroatoms. The minimum atomic E-state index is -4.34. The largest absolute Gasteiger partial charge is 0.416 e. The van der Waals surface area contributed by atoms with Gasteiger partial charge in [-0.3, -0.25) is 0 Å². The fourth-order valence-corrected chi connectivity index (χ4v) is 2.60. The van der Waals surface area contributed by atoms with Crippen LogP contribution in [-0.2, 0) is 11.6 Å². The van der Waals surface area contributed by atoms with Gasteiger partial charge in [0.2, 0.25) is 0 Å². The lowest BCUT2D eigenvalue weighted by Gasteiger charge is -2.19. The van der Waals surface area contributed by atoms with Crippen molar-refractivity contribution in [3.05, 3.63) is 72.1 Å². The van der Waals surface area contributed by atoms with Crippen LogP contribution in [0.4, 0.5) is 13.2 Å². The molecular weight excluding hydrogens is 337 g/mol. The van der Waals surface area contributed by atoms with Gasteiger partial charge in [0.05, 0.1) is 5.56 Å². The standard InChI is InChI=1S/C21H19F3N2/c1-20(2,3)17-8-4-14(5-9-17)16-12-25-19(26-13-16)15-6-10-18(11-7-15)21(22,23)24/h4-13H,1-3H3. The molecule has 2 nitrogen and oxygen atoms in total. The molecule has 0 aliphatic rings. The monoisotopic (exact) mass is 356 g/mol. The van der Waals surface area contributed by atoms with Crippen molar-refractivity contribution in [2.75, 3.05) is 0 Å². The average molecular weight is 356 g/mol. The smallest absolute Gasteiger partial charge is 0.236 e. The second-order valence-electron chi connectivity index (χ2n) is 7.20. The van der Waals surface area contributed by atoms with Crippen molar-refractivity contribution in [2.45, 2.75) is 32.4 Å². The molecule has 0 fully saturated rings. The Morgan fingerprint density at radius 2 is 1.08 bits per heavy atom. The maximum atomic E-state index is 12.6. The zero-order valence-electron chi connectivity index (χ0n) is 14.8. The molecular formula is C21H19F3N2. The summed E-state index contributed by atoms with van der Waals surface area (Å²) in [5, 5.41) is 0. The Kier molecular flexibility index (Phi) is 4.57. The first-order valence-electron chi connectivity index (χ1n) is 8.25. The lowest BCUT2D eigenvalue weighted by Crippen LogP contribution is -2.10. The number of rotatable bonds is 2. The van der Waals surface area contributed by atoms with Crippen LogP contribution in [0, 0.1) is 0 Å². The van der Waals surface area contributed by atoms with Gasteiger partial charge < -0.3 is 0 Å². The van der Waals surface area contributed by atoms with Gasteiger partial charge in [0, 0.05) is 23.5 Å². The van der Waals surface area contributed by atoms with Gasteiger partial charge in [-0.1, -0.05) is 57.2 Å². The van der Waals surface area contributed by atoms with Crippen LogP contribution in [0.25, 0.3) is 22.5 Å². The minimum Gasteiger partial charge on any atom is -0.236 e. The van der Waals surface area contributed by atoms with Crippen LogP contribution in [0.2, 0.25) is 0 Å². The summed E-state index contributed by atoms with van der Waals surface area (Å²) >= 11 is 0. The van der Waals surface area contributed by atoms with Crippen molar-refractivity contribution in [3.8, 4) is 22.5 Å². The fraction of sp³-hybridized carbons (Fsp3) is 0.238. The molecule has 1 heterocycles. The number of nitrogens with zero attached hydrogens (tertiary/aromatic N) is 2. The molecule has 1 aromatic heterocycles. The van der Waals surface area contributed by atoms with E-state index in [9.17, 15) is 13.2 Å². The molecule has 0 aliphatic carbocycles. The predicted molar refractivity (Wildman–Crippen MR) is 96.6 cm³/mol. The van der Waals surface area contributed by atoms with Crippen molar-refractivity contribution in [2.24, 2.45) is 0 Å². The third kappa shape index (κ3) is 3.93. The summed E-state index contributed by atoms with van der Waals surface area (Å²) in [6.07, 6.45) is -0.972. The summed E-state index contributed by atoms with van der Waals surface area (Å²) in [5.74, 6) is 0.397. The molecule has 0 N–H and O–H groups in total. The molecule has 0 bridgehead atoms. The average Bonchev–Trinajstić information content (AvgIpc) is 2.61. The van der Waals surface area contributed by atoms with E-state index < -0.39 is 11.7 Å². The highest BCUT2D eigenvalue weighted by Crippen LogP contribution is 2.30. The lowest BCUT2D eigenvalue weighted by molar-refractivity contribution is -0.137. The second-order valence-corrected chi connectivity index (χ2v) is 7.20. The van der Waals surface area contributed by atoms with Crippen LogP contribution in [-0.4, -0.2) is 9.97 Å². The number of hydrogen-bond donors (Lipinski definition) is 0. The quantitative estimate of drug-likeness (QED) is 0.552. The zero-order valence-corrected chi connectivity index (χ0v) is 14.8. The molecule has 0 aliphatic heterocycles. The van der Waals surface area contributed by atoms with E-state index in [1.54, 1.807) is 12.4 Å². The summed E-state index contributed by atoms with van der Waals surface area (Å²) < 4.78 is 37.9. The van der Waals surface area contributed by atoms with Crippen LogP contribution in [0.3, 0.4) is 0 Å². The summed E-state index contributed by atoms with van der Waals surface area (Å²) in [6, 6.07) is 13.1. The highest BCUT2D eigenvalue weighted by molar-refractivity contribution is 5.64. The summed E-state index contributed by atoms with van der Waals surface area (Å²) in [6.45, 7) is 6.47. The molecule has 3 aromatic rings. The van der Waals surface area contributed by atoms with Crippen molar-refractivity contribution in [1.82, 2.24) is 9.97 Å². The highest BCUT2D eigenvalue weighted by Gasteiger charge is 2.30. The molecule has 0 saturated carbocycles. The Bertz CT molecular complexity index is 797. The van der Waals surface area contributed by atoms with Crippen molar-refractivity contribution >= 4 is 0 Å². The molecule has 26 heavy (non-hydrogen) atoms. The third-order valence-electron chi connectivity index (χ3n) is 4.21. The molecule has 3 rings (SSSR count). The maximum Gasteiger partial charge on any atom is 0.416 e. The van der Waals surface area contributed by atoms with Crippen LogP contribution in [0.15, 0.2) is 60.9 Å². The Hall–Kier alpha value is -2.69. The third-order valence-corrected chi connectivity index (χ3v) is 4.21. The van der Waals surface area contributed by atoms with Crippen molar-refractivity contribution < 1.29 is 13.2 Å². The van der Waals surface area contributed by atoms with Gasteiger partial charge in [-0.25, -0.2) is 9.97 Å². The molecule has 0 radical (unpaired) electrons. The van der Waals surface area contributed by atoms with Crippen molar-refractivity contribution in [1.29, 1.82) is 0 Å². The van der Waals surface area contributed by atoms with Gasteiger partial charge in [-0.2, -0.15) is 13.2 Å². The van der Waals surface area contributed by atoms with E-state index in [0.29, 0.717) is 11.4 Å². The normalized spacial score (nSPS) is 12.2. The number of aromatic nitrogens is 2. The first kappa shape index (κ1) is 18.1. The maximum absolute atomic E-state index is 12.6. The topological polar surface area (TPSA) is 25.8 Å². The number of alkyl halides is 3. The van der Waals surface area contributed by atoms with Crippen LogP contribution < -0.4 is 0 Å².